The molecule has 0 atom stereocenters. The molecule has 2 nitrogen and oxygen atoms in total. The van der Waals surface area contributed by atoms with Gasteiger partial charge in [-0.25, -0.2) is 0 Å². The normalized spacial score (nSPS) is 15.8. The molecule has 0 radical (unpaired) electrons. The Morgan fingerprint density at radius 2 is 1.52 bits per heavy atom. The second kappa shape index (κ2) is 8.86. The van der Waals surface area contributed by atoms with E-state index in [1.54, 1.807) is 0 Å². The van der Waals surface area contributed by atoms with Crippen LogP contribution >= 0.6 is 0 Å². The minimum atomic E-state index is -0.0522. The van der Waals surface area contributed by atoms with Gasteiger partial charge in [-0.15, -0.1) is 0 Å². The molecule has 0 fully saturated rings. The highest BCUT2D eigenvalue weighted by Crippen LogP contribution is 2.39. The monoisotopic (exact) mass is 435 g/mol. The molecule has 4 rings (SSSR count). The fraction of sp³-hybridized carbons (Fsp3) is 0.258. The highest BCUT2D eigenvalue weighted by atomic mass is 16.5. The van der Waals surface area contributed by atoms with Crippen molar-refractivity contribution >= 4 is 22.6 Å². The largest absolute Gasteiger partial charge is 0.461 e. The van der Waals surface area contributed by atoms with E-state index in [1.807, 2.05) is 18.2 Å². The van der Waals surface area contributed by atoms with Crippen molar-refractivity contribution in [1.29, 1.82) is 0 Å². The third-order valence-corrected chi connectivity index (χ3v) is 5.73. The zero-order valence-corrected chi connectivity index (χ0v) is 20.5. The number of ether oxygens (including phenoxy) is 1. The number of nitrogens with zero attached hydrogens (tertiary/aromatic N) is 1. The quantitative estimate of drug-likeness (QED) is 0.385. The van der Waals surface area contributed by atoms with Gasteiger partial charge in [0.05, 0.1) is 5.52 Å². The first-order chi connectivity index (χ1) is 15.6. The zero-order chi connectivity index (χ0) is 23.6. The van der Waals surface area contributed by atoms with Crippen molar-refractivity contribution in [1.82, 2.24) is 4.98 Å². The topological polar surface area (TPSA) is 22.1 Å². The Morgan fingerprint density at radius 1 is 0.788 bits per heavy atom. The smallest absolute Gasteiger partial charge is 0.134 e. The van der Waals surface area contributed by atoms with Crippen molar-refractivity contribution < 1.29 is 4.74 Å². The van der Waals surface area contributed by atoms with Gasteiger partial charge in [-0.2, -0.15) is 0 Å². The molecule has 168 valence electrons. The highest BCUT2D eigenvalue weighted by Gasteiger charge is 2.25. The number of allylic oxidation sites excluding steroid dienone is 7. The fourth-order valence-electron chi connectivity index (χ4n) is 3.78. The summed E-state index contributed by atoms with van der Waals surface area (Å²) in [6.45, 7) is 13.1. The molecule has 0 aliphatic carbocycles. The van der Waals surface area contributed by atoms with E-state index in [2.05, 4.69) is 114 Å². The summed E-state index contributed by atoms with van der Waals surface area (Å²) in [6.07, 6.45) is 12.8. The minimum Gasteiger partial charge on any atom is -0.461 e. The molecule has 0 saturated heterocycles. The van der Waals surface area contributed by atoms with Crippen LogP contribution in [0.2, 0.25) is 0 Å². The molecular weight excluding hydrogens is 402 g/mol. The van der Waals surface area contributed by atoms with Crippen LogP contribution in [0.4, 0.5) is 0 Å². The van der Waals surface area contributed by atoms with Gasteiger partial charge >= 0.3 is 0 Å². The fourth-order valence-corrected chi connectivity index (χ4v) is 3.78. The molecular formula is C31H33NO. The van der Waals surface area contributed by atoms with Crippen LogP contribution in [-0.4, -0.2) is 4.98 Å². The maximum atomic E-state index is 6.17. The predicted octanol–water partition coefficient (Wildman–Crippen LogP) is 8.51. The Bertz CT molecular complexity index is 1290. The third kappa shape index (κ3) is 5.17. The Kier molecular flexibility index (Phi) is 6.12. The van der Waals surface area contributed by atoms with Crippen molar-refractivity contribution in [2.45, 2.75) is 47.0 Å². The Balaban J connectivity index is 1.64. The molecule has 0 saturated carbocycles. The lowest BCUT2D eigenvalue weighted by atomic mass is 9.89. The van der Waals surface area contributed by atoms with Gasteiger partial charge in [0.25, 0.3) is 0 Å². The van der Waals surface area contributed by atoms with E-state index < -0.39 is 0 Å². The lowest BCUT2D eigenvalue weighted by Crippen LogP contribution is -2.18. The van der Waals surface area contributed by atoms with Crippen molar-refractivity contribution in [2.75, 3.05) is 0 Å². The first kappa shape index (κ1) is 22.8. The number of pyridine rings is 1. The number of fused-ring (bicyclic) bond motifs is 2. The van der Waals surface area contributed by atoms with Gasteiger partial charge in [0.2, 0.25) is 0 Å². The Morgan fingerprint density at radius 3 is 2.27 bits per heavy atom. The number of hydrogen-bond donors (Lipinski definition) is 0. The molecule has 1 aromatic heterocycles. The summed E-state index contributed by atoms with van der Waals surface area (Å²) in [5, 5.41) is 1.17. The van der Waals surface area contributed by atoms with E-state index in [-0.39, 0.29) is 10.8 Å². The molecule has 1 aliphatic heterocycles. The van der Waals surface area contributed by atoms with E-state index >= 15 is 0 Å². The standard InChI is InChI=1S/C31H33NO/c1-30(2,3)28-20-22(24-16-10-12-18-26(24)32-28)14-8-7-9-15-23-21-29(31(4,5)6)33-27-19-13-11-17-25(23)27/h7-21H,1-6H3/b9-7+,14-8+,23-15+. The van der Waals surface area contributed by atoms with Crippen molar-refractivity contribution in [2.24, 2.45) is 5.41 Å². The first-order valence-electron chi connectivity index (χ1n) is 11.6. The molecule has 0 N–H and O–H groups in total. The average molecular weight is 436 g/mol. The van der Waals surface area contributed by atoms with E-state index in [9.17, 15) is 0 Å². The molecule has 0 spiro atoms. The van der Waals surface area contributed by atoms with E-state index in [0.717, 1.165) is 33.9 Å². The molecule has 33 heavy (non-hydrogen) atoms. The lowest BCUT2D eigenvalue weighted by Gasteiger charge is -2.28. The van der Waals surface area contributed by atoms with Crippen LogP contribution in [0.1, 0.15) is 58.4 Å². The van der Waals surface area contributed by atoms with Gasteiger partial charge < -0.3 is 4.74 Å². The van der Waals surface area contributed by atoms with Crippen LogP contribution in [-0.2, 0) is 5.41 Å². The van der Waals surface area contributed by atoms with Crippen LogP contribution in [0.3, 0.4) is 0 Å². The second-order valence-corrected chi connectivity index (χ2v) is 10.6. The number of aromatic nitrogens is 1. The van der Waals surface area contributed by atoms with Crippen LogP contribution in [0.15, 0.2) is 90.7 Å². The van der Waals surface area contributed by atoms with E-state index in [4.69, 9.17) is 9.72 Å². The molecule has 0 bridgehead atoms. The first-order valence-corrected chi connectivity index (χ1v) is 11.6. The van der Waals surface area contributed by atoms with Crippen LogP contribution < -0.4 is 4.74 Å². The summed E-state index contributed by atoms with van der Waals surface area (Å²) in [7, 11) is 0. The minimum absolute atomic E-state index is 0.000416. The summed E-state index contributed by atoms with van der Waals surface area (Å²) in [6, 6.07) is 18.8. The zero-order valence-electron chi connectivity index (χ0n) is 20.5. The number of para-hydroxylation sites is 2. The van der Waals surface area contributed by atoms with Crippen LogP contribution in [0, 0.1) is 5.41 Å². The second-order valence-electron chi connectivity index (χ2n) is 10.6. The number of benzene rings is 2. The number of rotatable bonds is 3. The van der Waals surface area contributed by atoms with Gasteiger partial charge in [0.15, 0.2) is 0 Å². The predicted molar refractivity (Wildman–Crippen MR) is 141 cm³/mol. The molecule has 0 amide bonds. The molecule has 2 aromatic carbocycles. The van der Waals surface area contributed by atoms with Gasteiger partial charge in [0.1, 0.15) is 11.5 Å². The highest BCUT2D eigenvalue weighted by molar-refractivity contribution is 5.88. The Hall–Kier alpha value is -3.39. The van der Waals surface area contributed by atoms with Crippen LogP contribution in [0.25, 0.3) is 22.6 Å². The number of hydrogen-bond acceptors (Lipinski definition) is 2. The van der Waals surface area contributed by atoms with Crippen LogP contribution in [0.5, 0.6) is 5.75 Å². The summed E-state index contributed by atoms with van der Waals surface area (Å²) in [5.41, 5.74) is 5.56. The summed E-state index contributed by atoms with van der Waals surface area (Å²) in [5.74, 6) is 1.90. The molecule has 2 heteroatoms. The molecule has 3 aromatic rings. The summed E-state index contributed by atoms with van der Waals surface area (Å²) in [4.78, 5) is 4.88. The molecule has 0 unspecified atom stereocenters. The van der Waals surface area contributed by atoms with Gasteiger partial charge in [-0.3, -0.25) is 4.98 Å². The maximum absolute atomic E-state index is 6.17. The lowest BCUT2D eigenvalue weighted by molar-refractivity contribution is 0.291. The molecule has 1 aliphatic rings. The van der Waals surface area contributed by atoms with Gasteiger partial charge in [0, 0.05) is 27.5 Å². The van der Waals surface area contributed by atoms with Crippen molar-refractivity contribution in [3.8, 4) is 5.75 Å². The average Bonchev–Trinajstić information content (AvgIpc) is 2.77. The summed E-state index contributed by atoms with van der Waals surface area (Å²) < 4.78 is 6.17. The SMILES string of the molecule is CC(C)(C)C1=C\C(=C/C=C/C=C/c2cc(C(C)(C)C)nc3ccccc23)c2ccccc2O1. The van der Waals surface area contributed by atoms with Crippen molar-refractivity contribution in [3.63, 3.8) is 0 Å². The van der Waals surface area contributed by atoms with E-state index in [1.165, 1.54) is 10.9 Å². The van der Waals surface area contributed by atoms with E-state index in [0.29, 0.717) is 0 Å². The van der Waals surface area contributed by atoms with Gasteiger partial charge in [-0.05, 0) is 35.4 Å². The molecule has 2 heterocycles. The van der Waals surface area contributed by atoms with Gasteiger partial charge in [-0.1, -0.05) is 108 Å². The maximum Gasteiger partial charge on any atom is 0.134 e. The Labute approximate surface area is 198 Å². The third-order valence-electron chi connectivity index (χ3n) is 5.73. The van der Waals surface area contributed by atoms with Crippen molar-refractivity contribution in [3.05, 3.63) is 108 Å². The summed E-state index contributed by atoms with van der Waals surface area (Å²) >= 11 is 0.